The highest BCUT2D eigenvalue weighted by atomic mass is 35.5. The van der Waals surface area contributed by atoms with Crippen LogP contribution in [0.1, 0.15) is 54.0 Å². The Morgan fingerprint density at radius 2 is 1.86 bits per heavy atom. The predicted octanol–water partition coefficient (Wildman–Crippen LogP) is 5.42. The van der Waals surface area contributed by atoms with E-state index in [-0.39, 0.29) is 41.3 Å². The third-order valence-electron chi connectivity index (χ3n) is 5.67. The first-order valence-corrected chi connectivity index (χ1v) is 11.9. The van der Waals surface area contributed by atoms with E-state index in [2.05, 4.69) is 25.9 Å². The number of amides is 3. The zero-order chi connectivity index (χ0) is 26.7. The number of anilines is 2. The van der Waals surface area contributed by atoms with Crippen LogP contribution in [0, 0.1) is 18.6 Å². The Bertz CT molecular complexity index is 1400. The molecule has 0 aliphatic carbocycles. The molecule has 3 amide bonds. The number of hydrogen-bond donors (Lipinski definition) is 4. The van der Waals surface area contributed by atoms with Crippen LogP contribution in [0.2, 0.25) is 5.15 Å². The number of fused-ring (bicyclic) bond motifs is 4. The van der Waals surface area contributed by atoms with Gasteiger partial charge in [0, 0.05) is 24.6 Å². The van der Waals surface area contributed by atoms with Gasteiger partial charge in [-0.25, -0.2) is 13.8 Å². The van der Waals surface area contributed by atoms with E-state index in [9.17, 15) is 23.2 Å². The molecule has 192 valence electrons. The first-order valence-electron chi connectivity index (χ1n) is 11.5. The summed E-state index contributed by atoms with van der Waals surface area (Å²) in [6.45, 7) is 2.89. The summed E-state index contributed by atoms with van der Waals surface area (Å²) >= 11 is 6.47. The van der Waals surface area contributed by atoms with Crippen molar-refractivity contribution in [2.45, 2.75) is 39.2 Å². The van der Waals surface area contributed by atoms with Crippen molar-refractivity contribution in [2.75, 3.05) is 10.6 Å². The maximum atomic E-state index is 14.4. The van der Waals surface area contributed by atoms with E-state index in [1.807, 2.05) is 0 Å². The highest BCUT2D eigenvalue weighted by molar-refractivity contribution is 6.32. The van der Waals surface area contributed by atoms with E-state index in [4.69, 9.17) is 11.6 Å². The second kappa shape index (κ2) is 10.9. The molecule has 2 aromatic carbocycles. The van der Waals surface area contributed by atoms with Crippen LogP contribution in [0.15, 0.2) is 42.5 Å². The molecular formula is C26H24ClF2N5O3. The monoisotopic (exact) mass is 527 g/mol. The van der Waals surface area contributed by atoms with Gasteiger partial charge in [0.2, 0.25) is 11.8 Å². The minimum Gasteiger partial charge on any atom is -0.342 e. The predicted molar refractivity (Wildman–Crippen MR) is 136 cm³/mol. The van der Waals surface area contributed by atoms with Gasteiger partial charge in [-0.3, -0.25) is 14.4 Å². The van der Waals surface area contributed by atoms with Crippen molar-refractivity contribution in [3.8, 4) is 11.3 Å². The van der Waals surface area contributed by atoms with Crippen LogP contribution in [0.4, 0.5) is 20.2 Å². The zero-order valence-electron chi connectivity index (χ0n) is 20.0. The number of hydrogen-bond acceptors (Lipinski definition) is 4. The molecule has 1 aromatic heterocycles. The number of aryl methyl sites for hydroxylation is 1. The molecule has 0 saturated carbocycles. The quantitative estimate of drug-likeness (QED) is 0.340. The maximum absolute atomic E-state index is 14.4. The van der Waals surface area contributed by atoms with Crippen LogP contribution in [-0.4, -0.2) is 27.7 Å². The normalized spacial score (nSPS) is 16.4. The lowest BCUT2D eigenvalue weighted by Crippen LogP contribution is -2.30. The largest absolute Gasteiger partial charge is 0.342 e. The third kappa shape index (κ3) is 6.03. The summed E-state index contributed by atoms with van der Waals surface area (Å²) in [5.74, 6) is -3.16. The van der Waals surface area contributed by atoms with Gasteiger partial charge in [0.1, 0.15) is 33.9 Å². The number of allylic oxidation sites excluding steroid dienone is 1. The summed E-state index contributed by atoms with van der Waals surface area (Å²) in [6, 6.07) is 6.24. The van der Waals surface area contributed by atoms with Crippen molar-refractivity contribution in [1.29, 1.82) is 0 Å². The van der Waals surface area contributed by atoms with E-state index in [0.29, 0.717) is 28.9 Å². The lowest BCUT2D eigenvalue weighted by molar-refractivity contribution is -0.116. The second-order valence-electron chi connectivity index (χ2n) is 8.65. The van der Waals surface area contributed by atoms with Crippen molar-refractivity contribution >= 4 is 40.7 Å². The van der Waals surface area contributed by atoms with Crippen molar-refractivity contribution in [3.05, 3.63) is 76.2 Å². The van der Waals surface area contributed by atoms with Crippen LogP contribution in [-0.2, 0) is 9.59 Å². The Morgan fingerprint density at radius 1 is 1.14 bits per heavy atom. The Kier molecular flexibility index (Phi) is 7.68. The number of halogens is 3. The van der Waals surface area contributed by atoms with Gasteiger partial charge in [-0.2, -0.15) is 0 Å². The molecule has 0 spiro atoms. The molecule has 0 saturated heterocycles. The van der Waals surface area contributed by atoms with Crippen molar-refractivity contribution in [2.24, 2.45) is 0 Å². The van der Waals surface area contributed by atoms with Gasteiger partial charge < -0.3 is 20.9 Å². The highest BCUT2D eigenvalue weighted by Gasteiger charge is 2.25. The second-order valence-corrected chi connectivity index (χ2v) is 9.03. The van der Waals surface area contributed by atoms with Crippen LogP contribution in [0.3, 0.4) is 0 Å². The molecule has 0 fully saturated rings. The molecule has 8 nitrogen and oxygen atoms in total. The molecule has 4 rings (SSSR count). The average molecular weight is 528 g/mol. The molecule has 0 radical (unpaired) electrons. The number of carbonyl (C=O) groups excluding carboxylic acids is 3. The number of imidazole rings is 1. The average Bonchev–Trinajstić information content (AvgIpc) is 3.18. The molecule has 3 aromatic rings. The number of aromatic nitrogens is 2. The van der Waals surface area contributed by atoms with Crippen LogP contribution in [0.25, 0.3) is 11.3 Å². The van der Waals surface area contributed by atoms with Crippen LogP contribution in [0.5, 0.6) is 0 Å². The number of nitrogens with one attached hydrogen (secondary N) is 4. The van der Waals surface area contributed by atoms with E-state index in [1.54, 1.807) is 30.4 Å². The van der Waals surface area contributed by atoms with E-state index in [0.717, 1.165) is 12.1 Å². The fourth-order valence-electron chi connectivity index (χ4n) is 4.01. The van der Waals surface area contributed by atoms with Gasteiger partial charge in [0.15, 0.2) is 0 Å². The van der Waals surface area contributed by atoms with E-state index in [1.165, 1.54) is 13.8 Å². The van der Waals surface area contributed by atoms with Gasteiger partial charge in [-0.1, -0.05) is 23.8 Å². The van der Waals surface area contributed by atoms with E-state index < -0.39 is 29.1 Å². The zero-order valence-corrected chi connectivity index (χ0v) is 20.8. The molecule has 1 aliphatic rings. The highest BCUT2D eigenvalue weighted by Crippen LogP contribution is 2.35. The maximum Gasteiger partial charge on any atom is 0.257 e. The lowest BCUT2D eigenvalue weighted by Gasteiger charge is -2.16. The number of carbonyl (C=O) groups is 3. The summed E-state index contributed by atoms with van der Waals surface area (Å²) in [5.41, 5.74) is 1.27. The summed E-state index contributed by atoms with van der Waals surface area (Å²) in [4.78, 5) is 44.4. The molecular weight excluding hydrogens is 504 g/mol. The molecule has 4 N–H and O–H groups in total. The molecule has 37 heavy (non-hydrogen) atoms. The van der Waals surface area contributed by atoms with Crippen molar-refractivity contribution in [1.82, 2.24) is 15.3 Å². The minimum absolute atomic E-state index is 0.130. The van der Waals surface area contributed by atoms with Crippen molar-refractivity contribution in [3.63, 3.8) is 0 Å². The first-order chi connectivity index (χ1) is 17.6. The fraction of sp³-hybridized carbons (Fsp3) is 0.231. The standard InChI is InChI=1S/C26H24ClF2N5O3/c1-13-10-17(28)22(18(29)11-13)26(37)32-19-6-4-3-5-7-21(36)31-20-12-15(30-14(2)35)8-9-16(20)23-24(27)34-25(19)33-23/h3-4,8-12,19H,5-7H2,1-2H3,(H,30,35)(H,31,36)(H,32,37)(H,33,34)/b4-3+/t19-/m0/s1. The molecule has 11 heteroatoms. The Morgan fingerprint density at radius 3 is 2.57 bits per heavy atom. The molecule has 2 bridgehead atoms. The Hall–Kier alpha value is -4.05. The van der Waals surface area contributed by atoms with Gasteiger partial charge >= 0.3 is 0 Å². The van der Waals surface area contributed by atoms with Gasteiger partial charge in [-0.05, 0) is 55.7 Å². The molecule has 1 atom stereocenters. The molecule has 2 heterocycles. The SMILES string of the molecule is CC(=O)Nc1ccc2c(c1)NC(=O)CC/C=C/C[C@H](NC(=O)c1c(F)cc(C)cc1F)c1nc-2c(Cl)[nH]1. The summed E-state index contributed by atoms with van der Waals surface area (Å²) in [5, 5.41) is 8.26. The van der Waals surface area contributed by atoms with Gasteiger partial charge in [0.25, 0.3) is 5.91 Å². The Labute approximate surface area is 216 Å². The Balaban J connectivity index is 1.74. The minimum atomic E-state index is -0.971. The molecule has 0 unspecified atom stereocenters. The number of rotatable bonds is 3. The smallest absolute Gasteiger partial charge is 0.257 e. The number of aromatic amines is 1. The first kappa shape index (κ1) is 26.0. The fourth-order valence-corrected chi connectivity index (χ4v) is 4.25. The topological polar surface area (TPSA) is 116 Å². The summed E-state index contributed by atoms with van der Waals surface area (Å²) < 4.78 is 28.9. The van der Waals surface area contributed by atoms with Crippen LogP contribution < -0.4 is 16.0 Å². The number of benzene rings is 2. The summed E-state index contributed by atoms with van der Waals surface area (Å²) in [7, 11) is 0. The van der Waals surface area contributed by atoms with Crippen molar-refractivity contribution < 1.29 is 23.2 Å². The van der Waals surface area contributed by atoms with E-state index >= 15 is 0 Å². The lowest BCUT2D eigenvalue weighted by atomic mass is 10.1. The molecule has 1 aliphatic heterocycles. The third-order valence-corrected chi connectivity index (χ3v) is 5.95. The van der Waals surface area contributed by atoms with Crippen LogP contribution >= 0.6 is 11.6 Å². The van der Waals surface area contributed by atoms with Gasteiger partial charge in [-0.15, -0.1) is 0 Å². The summed E-state index contributed by atoms with van der Waals surface area (Å²) in [6.07, 6.45) is 4.33. The number of H-pyrrole nitrogens is 1. The number of nitrogens with zero attached hydrogens (tertiary/aromatic N) is 1. The van der Waals surface area contributed by atoms with Gasteiger partial charge in [0.05, 0.1) is 11.7 Å².